The molecule has 0 bridgehead atoms. The highest BCUT2D eigenvalue weighted by Crippen LogP contribution is 2.29. The average Bonchev–Trinajstić information content (AvgIpc) is 2.73. The van der Waals surface area contributed by atoms with Gasteiger partial charge in [-0.15, -0.1) is 0 Å². The van der Waals surface area contributed by atoms with Gasteiger partial charge in [0.05, 0.1) is 5.69 Å². The summed E-state index contributed by atoms with van der Waals surface area (Å²) >= 11 is 0. The van der Waals surface area contributed by atoms with Crippen molar-refractivity contribution in [2.45, 2.75) is 0 Å². The summed E-state index contributed by atoms with van der Waals surface area (Å²) in [5.74, 6) is -0.262. The lowest BCUT2D eigenvalue weighted by Crippen LogP contribution is -2.40. The molecule has 0 saturated carbocycles. The van der Waals surface area contributed by atoms with Crippen molar-refractivity contribution in [3.05, 3.63) is 30.3 Å². The molecule has 1 saturated heterocycles. The molecule has 1 aromatic heterocycles. The number of benzene rings is 1. The zero-order chi connectivity index (χ0) is 11.0. The van der Waals surface area contributed by atoms with Crippen molar-refractivity contribution >= 4 is 16.7 Å². The highest BCUT2D eigenvalue weighted by Gasteiger charge is 2.16. The summed E-state index contributed by atoms with van der Waals surface area (Å²) in [7, 11) is 0. The van der Waals surface area contributed by atoms with Crippen molar-refractivity contribution in [2.24, 2.45) is 0 Å². The molecule has 2 heterocycles. The van der Waals surface area contributed by atoms with E-state index in [-0.39, 0.29) is 5.82 Å². The van der Waals surface area contributed by atoms with Crippen LogP contribution in [0.15, 0.2) is 28.9 Å². The monoisotopic (exact) mass is 219 g/mol. The van der Waals surface area contributed by atoms with E-state index in [9.17, 15) is 4.39 Å². The van der Waals surface area contributed by atoms with Gasteiger partial charge < -0.3 is 9.32 Å². The molecule has 3 rings (SSSR count). The molecule has 1 aromatic carbocycles. The molecule has 1 aliphatic heterocycles. The number of fused-ring (bicyclic) bond motifs is 1. The lowest BCUT2D eigenvalue weighted by atomic mass is 10.2. The molecule has 0 amide bonds. The van der Waals surface area contributed by atoms with Gasteiger partial charge in [-0.1, -0.05) is 0 Å². The van der Waals surface area contributed by atoms with E-state index in [1.165, 1.54) is 12.1 Å². The Labute approximate surface area is 92.8 Å². The smallest absolute Gasteiger partial charge is 0.138 e. The van der Waals surface area contributed by atoms with Crippen LogP contribution in [0.5, 0.6) is 0 Å². The van der Waals surface area contributed by atoms with Crippen LogP contribution in [0.2, 0.25) is 0 Å². The number of piperazine rings is 1. The molecule has 1 aliphatic rings. The molecular formula is C12H12FN2O. The molecule has 2 aromatic rings. The van der Waals surface area contributed by atoms with Crippen LogP contribution in [0.3, 0.4) is 0 Å². The SMILES string of the molecule is Fc1ccc2c(N3CC[N]CC3)coc2c1. The highest BCUT2D eigenvalue weighted by atomic mass is 19.1. The first-order valence-electron chi connectivity index (χ1n) is 5.39. The summed E-state index contributed by atoms with van der Waals surface area (Å²) in [6, 6.07) is 4.66. The van der Waals surface area contributed by atoms with Gasteiger partial charge in [-0.25, -0.2) is 9.71 Å². The van der Waals surface area contributed by atoms with Crippen molar-refractivity contribution in [1.29, 1.82) is 0 Å². The first-order valence-corrected chi connectivity index (χ1v) is 5.39. The average molecular weight is 219 g/mol. The molecule has 1 fully saturated rings. The van der Waals surface area contributed by atoms with Gasteiger partial charge in [-0.05, 0) is 12.1 Å². The fourth-order valence-electron chi connectivity index (χ4n) is 2.08. The Morgan fingerprint density at radius 1 is 1.25 bits per heavy atom. The van der Waals surface area contributed by atoms with E-state index in [2.05, 4.69) is 10.2 Å². The first-order chi connectivity index (χ1) is 7.84. The van der Waals surface area contributed by atoms with Gasteiger partial charge in [0.1, 0.15) is 17.7 Å². The maximum atomic E-state index is 13.0. The van der Waals surface area contributed by atoms with Crippen molar-refractivity contribution in [3.8, 4) is 0 Å². The van der Waals surface area contributed by atoms with Crippen LogP contribution in [0.1, 0.15) is 0 Å². The molecular weight excluding hydrogens is 207 g/mol. The molecule has 16 heavy (non-hydrogen) atoms. The van der Waals surface area contributed by atoms with E-state index >= 15 is 0 Å². The van der Waals surface area contributed by atoms with E-state index in [0.717, 1.165) is 37.3 Å². The molecule has 4 heteroatoms. The second-order valence-electron chi connectivity index (χ2n) is 3.92. The third kappa shape index (κ3) is 1.55. The Kier molecular flexibility index (Phi) is 2.29. The summed E-state index contributed by atoms with van der Waals surface area (Å²) in [4.78, 5) is 2.23. The summed E-state index contributed by atoms with van der Waals surface area (Å²) < 4.78 is 18.4. The molecule has 3 nitrogen and oxygen atoms in total. The van der Waals surface area contributed by atoms with Crippen LogP contribution in [-0.2, 0) is 0 Å². The molecule has 1 radical (unpaired) electrons. The second kappa shape index (κ2) is 3.79. The van der Waals surface area contributed by atoms with Gasteiger partial charge in [-0.2, -0.15) is 0 Å². The number of rotatable bonds is 1. The molecule has 0 unspecified atom stereocenters. The van der Waals surface area contributed by atoms with E-state index in [0.29, 0.717) is 5.58 Å². The molecule has 0 spiro atoms. The van der Waals surface area contributed by atoms with E-state index in [4.69, 9.17) is 4.42 Å². The summed E-state index contributed by atoms with van der Waals surface area (Å²) in [5.41, 5.74) is 1.66. The van der Waals surface area contributed by atoms with Crippen molar-refractivity contribution in [1.82, 2.24) is 5.32 Å². The van der Waals surface area contributed by atoms with Gasteiger partial charge >= 0.3 is 0 Å². The van der Waals surface area contributed by atoms with Gasteiger partial charge in [-0.3, -0.25) is 0 Å². The Morgan fingerprint density at radius 2 is 2.06 bits per heavy atom. The summed E-state index contributed by atoms with van der Waals surface area (Å²) in [6.45, 7) is 3.53. The number of halogens is 1. The first kappa shape index (κ1) is 9.66. The fraction of sp³-hybridized carbons (Fsp3) is 0.333. The number of nitrogens with zero attached hydrogens (tertiary/aromatic N) is 2. The molecule has 0 aliphatic carbocycles. The Morgan fingerprint density at radius 3 is 2.88 bits per heavy atom. The standard InChI is InChI=1S/C12H12FN2O/c13-9-1-2-10-11(8-16-12(10)7-9)15-5-3-14-4-6-15/h1-2,7-8H,3-6H2. The van der Waals surface area contributed by atoms with Crippen LogP contribution >= 0.6 is 0 Å². The lowest BCUT2D eigenvalue weighted by Gasteiger charge is -2.27. The third-order valence-electron chi connectivity index (χ3n) is 2.91. The minimum atomic E-state index is -0.262. The van der Waals surface area contributed by atoms with E-state index in [1.54, 1.807) is 12.3 Å². The highest BCUT2D eigenvalue weighted by molar-refractivity contribution is 5.91. The normalized spacial score (nSPS) is 16.9. The van der Waals surface area contributed by atoms with Gasteiger partial charge in [0.2, 0.25) is 0 Å². The van der Waals surface area contributed by atoms with Gasteiger partial charge in [0, 0.05) is 37.6 Å². The Bertz CT molecular complexity index is 503. The molecule has 0 atom stereocenters. The van der Waals surface area contributed by atoms with E-state index < -0.39 is 0 Å². The lowest BCUT2D eigenvalue weighted by molar-refractivity contribution is 0.569. The molecule has 83 valence electrons. The zero-order valence-electron chi connectivity index (χ0n) is 8.82. The summed E-state index contributed by atoms with van der Waals surface area (Å²) in [6.07, 6.45) is 1.70. The van der Waals surface area contributed by atoms with Gasteiger partial charge in [0.15, 0.2) is 0 Å². The number of hydrogen-bond acceptors (Lipinski definition) is 2. The van der Waals surface area contributed by atoms with Crippen LogP contribution in [0.25, 0.3) is 11.0 Å². The zero-order valence-corrected chi connectivity index (χ0v) is 8.82. The number of furan rings is 1. The maximum absolute atomic E-state index is 13.0. The third-order valence-corrected chi connectivity index (χ3v) is 2.91. The topological polar surface area (TPSA) is 30.5 Å². The van der Waals surface area contributed by atoms with Crippen LogP contribution in [0, 0.1) is 5.82 Å². The van der Waals surface area contributed by atoms with E-state index in [1.807, 2.05) is 0 Å². The quantitative estimate of drug-likeness (QED) is 0.734. The van der Waals surface area contributed by atoms with Crippen molar-refractivity contribution in [2.75, 3.05) is 31.1 Å². The Balaban J connectivity index is 2.03. The van der Waals surface area contributed by atoms with Crippen LogP contribution < -0.4 is 10.2 Å². The second-order valence-corrected chi connectivity index (χ2v) is 3.92. The minimum Gasteiger partial charge on any atom is -0.462 e. The van der Waals surface area contributed by atoms with Gasteiger partial charge in [0.25, 0.3) is 0 Å². The summed E-state index contributed by atoms with van der Waals surface area (Å²) in [5, 5.41) is 5.27. The number of anilines is 1. The Hall–Kier alpha value is -1.55. The largest absolute Gasteiger partial charge is 0.462 e. The minimum absolute atomic E-state index is 0.262. The van der Waals surface area contributed by atoms with Crippen LogP contribution in [-0.4, -0.2) is 26.2 Å². The molecule has 0 N–H and O–H groups in total. The predicted octanol–water partition coefficient (Wildman–Crippen LogP) is 2.00. The van der Waals surface area contributed by atoms with Crippen molar-refractivity contribution < 1.29 is 8.81 Å². The fourth-order valence-corrected chi connectivity index (χ4v) is 2.08. The predicted molar refractivity (Wildman–Crippen MR) is 60.3 cm³/mol. The van der Waals surface area contributed by atoms with Crippen LogP contribution in [0.4, 0.5) is 10.1 Å². The maximum Gasteiger partial charge on any atom is 0.138 e. The van der Waals surface area contributed by atoms with Crippen molar-refractivity contribution in [3.63, 3.8) is 0 Å². The number of hydrogen-bond donors (Lipinski definition) is 0.